The monoisotopic (exact) mass is 353 g/mol. The van der Waals surface area contributed by atoms with Crippen LogP contribution in [0, 0.1) is 5.92 Å². The highest BCUT2D eigenvalue weighted by molar-refractivity contribution is 7.88. The number of pyridine rings is 1. The van der Waals surface area contributed by atoms with Crippen molar-refractivity contribution in [1.29, 1.82) is 0 Å². The normalized spacial score (nSPS) is 25.8. The van der Waals surface area contributed by atoms with E-state index in [4.69, 9.17) is 4.74 Å². The van der Waals surface area contributed by atoms with Gasteiger partial charge in [0.2, 0.25) is 15.9 Å². The lowest BCUT2D eigenvalue weighted by atomic mass is 9.93. The number of rotatable bonds is 3. The first kappa shape index (κ1) is 17.3. The van der Waals surface area contributed by atoms with Crippen molar-refractivity contribution in [3.8, 4) is 0 Å². The fourth-order valence-electron chi connectivity index (χ4n) is 3.32. The molecule has 1 amide bonds. The molecule has 7 nitrogen and oxygen atoms in total. The molecule has 0 aromatic carbocycles. The van der Waals surface area contributed by atoms with Crippen molar-refractivity contribution >= 4 is 15.9 Å². The molecule has 24 heavy (non-hydrogen) atoms. The average molecular weight is 353 g/mol. The Bertz CT molecular complexity index is 680. The molecule has 0 saturated carbocycles. The molecule has 3 heterocycles. The second-order valence-electron chi connectivity index (χ2n) is 6.42. The Labute approximate surface area is 142 Å². The third-order valence-electron chi connectivity index (χ3n) is 4.69. The van der Waals surface area contributed by atoms with Crippen molar-refractivity contribution in [2.45, 2.75) is 18.9 Å². The second-order valence-corrected chi connectivity index (χ2v) is 8.40. The van der Waals surface area contributed by atoms with E-state index in [2.05, 4.69) is 4.98 Å². The number of aromatic nitrogens is 1. The topological polar surface area (TPSA) is 79.8 Å². The van der Waals surface area contributed by atoms with Crippen molar-refractivity contribution in [3.05, 3.63) is 30.1 Å². The Kier molecular flexibility index (Phi) is 5.17. The predicted molar refractivity (Wildman–Crippen MR) is 88.8 cm³/mol. The van der Waals surface area contributed by atoms with Crippen molar-refractivity contribution in [3.63, 3.8) is 0 Å². The van der Waals surface area contributed by atoms with Crippen LogP contribution < -0.4 is 0 Å². The molecule has 1 aromatic heterocycles. The third kappa shape index (κ3) is 4.12. The van der Waals surface area contributed by atoms with Gasteiger partial charge in [-0.25, -0.2) is 8.42 Å². The summed E-state index contributed by atoms with van der Waals surface area (Å²) >= 11 is 0. The van der Waals surface area contributed by atoms with Gasteiger partial charge in [-0.3, -0.25) is 9.78 Å². The molecule has 0 spiro atoms. The molecule has 0 bridgehead atoms. The van der Waals surface area contributed by atoms with E-state index < -0.39 is 10.0 Å². The Morgan fingerprint density at radius 3 is 2.88 bits per heavy atom. The summed E-state index contributed by atoms with van der Waals surface area (Å²) in [6.45, 7) is 2.39. The van der Waals surface area contributed by atoms with Gasteiger partial charge in [0.05, 0.1) is 25.4 Å². The fourth-order valence-corrected chi connectivity index (χ4v) is 4.19. The minimum Gasteiger partial charge on any atom is -0.375 e. The molecule has 0 radical (unpaired) electrons. The highest BCUT2D eigenvalue weighted by Gasteiger charge is 2.36. The molecule has 8 heteroatoms. The molecule has 2 aliphatic heterocycles. The summed E-state index contributed by atoms with van der Waals surface area (Å²) in [4.78, 5) is 18.5. The Hall–Kier alpha value is -1.51. The summed E-state index contributed by atoms with van der Waals surface area (Å²) in [5, 5.41) is 0. The number of carbonyl (C=O) groups is 1. The number of nitrogens with zero attached hydrogens (tertiary/aromatic N) is 3. The Morgan fingerprint density at radius 1 is 1.33 bits per heavy atom. The standard InChI is InChI=1S/C16H23N3O4S/c1-24(21,22)19-8-9-23-15-12-18(7-5-13(15)11-19)16(20)10-14-4-2-3-6-17-14/h2-4,6,13,15H,5,7-12H2,1H3/t13-,15+/m0/s1. The Morgan fingerprint density at radius 2 is 2.17 bits per heavy atom. The largest absolute Gasteiger partial charge is 0.375 e. The number of hydrogen-bond acceptors (Lipinski definition) is 5. The molecule has 2 fully saturated rings. The zero-order valence-electron chi connectivity index (χ0n) is 13.8. The third-order valence-corrected chi connectivity index (χ3v) is 5.96. The molecule has 2 aliphatic rings. The molecular formula is C16H23N3O4S. The number of sulfonamides is 1. The number of piperidine rings is 1. The highest BCUT2D eigenvalue weighted by atomic mass is 32.2. The van der Waals surface area contributed by atoms with Crippen LogP contribution in [-0.2, 0) is 26.0 Å². The molecule has 0 unspecified atom stereocenters. The zero-order valence-corrected chi connectivity index (χ0v) is 14.6. The van der Waals surface area contributed by atoms with E-state index in [9.17, 15) is 13.2 Å². The minimum atomic E-state index is -3.21. The lowest BCUT2D eigenvalue weighted by Crippen LogP contribution is -2.49. The van der Waals surface area contributed by atoms with Crippen molar-refractivity contribution in [2.24, 2.45) is 5.92 Å². The van der Waals surface area contributed by atoms with Gasteiger partial charge in [0.25, 0.3) is 0 Å². The maximum absolute atomic E-state index is 12.5. The van der Waals surface area contributed by atoms with E-state index in [1.807, 2.05) is 23.1 Å². The predicted octanol–water partition coefficient (Wildman–Crippen LogP) is 0.133. The van der Waals surface area contributed by atoms with Gasteiger partial charge in [-0.2, -0.15) is 4.31 Å². The maximum Gasteiger partial charge on any atom is 0.228 e. The second kappa shape index (κ2) is 7.16. The Balaban J connectivity index is 1.61. The summed E-state index contributed by atoms with van der Waals surface area (Å²) < 4.78 is 30.9. The summed E-state index contributed by atoms with van der Waals surface area (Å²) in [7, 11) is -3.21. The van der Waals surface area contributed by atoms with E-state index in [1.165, 1.54) is 10.6 Å². The number of ether oxygens (including phenoxy) is 1. The number of fused-ring (bicyclic) bond motifs is 1. The smallest absolute Gasteiger partial charge is 0.228 e. The first-order chi connectivity index (χ1) is 11.4. The molecule has 132 valence electrons. The number of hydrogen-bond donors (Lipinski definition) is 0. The van der Waals surface area contributed by atoms with E-state index in [0.717, 1.165) is 12.1 Å². The molecule has 2 atom stereocenters. The van der Waals surface area contributed by atoms with E-state index in [0.29, 0.717) is 32.8 Å². The van der Waals surface area contributed by atoms with Gasteiger partial charge in [0.1, 0.15) is 0 Å². The quantitative estimate of drug-likeness (QED) is 0.772. The van der Waals surface area contributed by atoms with Crippen LogP contribution in [0.3, 0.4) is 0 Å². The van der Waals surface area contributed by atoms with Gasteiger partial charge >= 0.3 is 0 Å². The lowest BCUT2D eigenvalue weighted by molar-refractivity contribution is -0.136. The fraction of sp³-hybridized carbons (Fsp3) is 0.625. The first-order valence-corrected chi connectivity index (χ1v) is 10.0. The van der Waals surface area contributed by atoms with Crippen LogP contribution in [0.1, 0.15) is 12.1 Å². The van der Waals surface area contributed by atoms with E-state index in [-0.39, 0.29) is 24.3 Å². The molecule has 0 aliphatic carbocycles. The van der Waals surface area contributed by atoms with Gasteiger partial charge in [-0.05, 0) is 18.6 Å². The summed E-state index contributed by atoms with van der Waals surface area (Å²) in [6.07, 6.45) is 3.86. The first-order valence-electron chi connectivity index (χ1n) is 8.18. The van der Waals surface area contributed by atoms with Crippen LogP contribution >= 0.6 is 0 Å². The minimum absolute atomic E-state index is 0.0416. The molecule has 0 N–H and O–H groups in total. The van der Waals surface area contributed by atoms with Crippen LogP contribution in [0.2, 0.25) is 0 Å². The van der Waals surface area contributed by atoms with Gasteiger partial charge in [-0.1, -0.05) is 6.07 Å². The van der Waals surface area contributed by atoms with Gasteiger partial charge in [-0.15, -0.1) is 0 Å². The van der Waals surface area contributed by atoms with Gasteiger partial charge in [0.15, 0.2) is 0 Å². The van der Waals surface area contributed by atoms with Gasteiger partial charge < -0.3 is 9.64 Å². The number of amides is 1. The van der Waals surface area contributed by atoms with Crippen molar-refractivity contribution < 1.29 is 17.9 Å². The van der Waals surface area contributed by atoms with Crippen LogP contribution in [0.5, 0.6) is 0 Å². The number of likely N-dealkylation sites (tertiary alicyclic amines) is 1. The van der Waals surface area contributed by atoms with Crippen LogP contribution in [0.15, 0.2) is 24.4 Å². The molecule has 2 saturated heterocycles. The maximum atomic E-state index is 12.5. The van der Waals surface area contributed by atoms with Crippen LogP contribution in [0.25, 0.3) is 0 Å². The SMILES string of the molecule is CS(=O)(=O)N1CCO[C@@H]2CN(C(=O)Cc3ccccn3)CC[C@H]2C1. The number of carbonyl (C=O) groups excluding carboxylic acids is 1. The average Bonchev–Trinajstić information content (AvgIpc) is 2.77. The highest BCUT2D eigenvalue weighted by Crippen LogP contribution is 2.25. The molecule has 3 rings (SSSR count). The summed E-state index contributed by atoms with van der Waals surface area (Å²) in [5.41, 5.74) is 0.759. The lowest BCUT2D eigenvalue weighted by Gasteiger charge is -2.37. The van der Waals surface area contributed by atoms with Gasteiger partial charge in [0, 0.05) is 44.0 Å². The summed E-state index contributed by atoms with van der Waals surface area (Å²) in [5.74, 6) is 0.182. The van der Waals surface area contributed by atoms with Crippen LogP contribution in [0.4, 0.5) is 0 Å². The zero-order chi connectivity index (χ0) is 17.2. The molecular weight excluding hydrogens is 330 g/mol. The van der Waals surface area contributed by atoms with Crippen molar-refractivity contribution in [1.82, 2.24) is 14.2 Å². The molecule has 1 aromatic rings. The van der Waals surface area contributed by atoms with E-state index in [1.54, 1.807) is 6.20 Å². The van der Waals surface area contributed by atoms with Crippen molar-refractivity contribution in [2.75, 3.05) is 39.0 Å². The van der Waals surface area contributed by atoms with E-state index >= 15 is 0 Å². The van der Waals surface area contributed by atoms with Crippen LogP contribution in [-0.4, -0.2) is 73.7 Å². The summed E-state index contributed by atoms with van der Waals surface area (Å²) in [6, 6.07) is 5.54.